The lowest BCUT2D eigenvalue weighted by molar-refractivity contribution is 0.214. The summed E-state index contributed by atoms with van der Waals surface area (Å²) in [6.45, 7) is 2.67. The lowest BCUT2D eigenvalue weighted by Crippen LogP contribution is -2.36. The Morgan fingerprint density at radius 2 is 1.95 bits per heavy atom. The van der Waals surface area contributed by atoms with Crippen molar-refractivity contribution in [1.29, 1.82) is 0 Å². The van der Waals surface area contributed by atoms with E-state index in [4.69, 9.17) is 0 Å². The molecule has 3 rings (SSSR count). The first kappa shape index (κ1) is 15.0. The third-order valence-corrected chi connectivity index (χ3v) is 4.92. The van der Waals surface area contributed by atoms with Crippen molar-refractivity contribution in [3.05, 3.63) is 29.6 Å². The van der Waals surface area contributed by atoms with Gasteiger partial charge in [-0.1, -0.05) is 6.07 Å². The Kier molecular flexibility index (Phi) is 4.31. The Morgan fingerprint density at radius 3 is 2.71 bits per heavy atom. The summed E-state index contributed by atoms with van der Waals surface area (Å²) in [6, 6.07) is 5.61. The van der Waals surface area contributed by atoms with E-state index in [1.54, 1.807) is 6.07 Å². The van der Waals surface area contributed by atoms with Gasteiger partial charge in [-0.05, 0) is 49.5 Å². The molecule has 2 unspecified atom stereocenters. The topological polar surface area (TPSA) is 46.9 Å². The molecule has 0 aliphatic carbocycles. The second kappa shape index (κ2) is 6.05. The van der Waals surface area contributed by atoms with Crippen molar-refractivity contribution in [1.82, 2.24) is 9.80 Å². The first-order valence-electron chi connectivity index (χ1n) is 7.62. The quantitative estimate of drug-likeness (QED) is 0.780. The van der Waals surface area contributed by atoms with E-state index in [1.165, 1.54) is 25.0 Å². The van der Waals surface area contributed by atoms with Crippen LogP contribution in [0.25, 0.3) is 0 Å². The molecule has 1 aromatic carbocycles. The monoisotopic (exact) mass is 292 g/mol. The van der Waals surface area contributed by atoms with E-state index in [0.717, 1.165) is 25.1 Å². The molecular formula is C15H22BFN2O2. The molecule has 0 saturated carbocycles. The second-order valence-electron chi connectivity index (χ2n) is 6.34. The van der Waals surface area contributed by atoms with Crippen LogP contribution in [0.3, 0.4) is 0 Å². The fourth-order valence-electron chi connectivity index (χ4n) is 3.70. The lowest BCUT2D eigenvalue weighted by Gasteiger charge is -2.25. The van der Waals surface area contributed by atoms with Crippen molar-refractivity contribution in [3.8, 4) is 0 Å². The van der Waals surface area contributed by atoms with E-state index in [-0.39, 0.29) is 5.46 Å². The van der Waals surface area contributed by atoms with Gasteiger partial charge in [0.15, 0.2) is 0 Å². The van der Waals surface area contributed by atoms with E-state index in [2.05, 4.69) is 16.8 Å². The van der Waals surface area contributed by atoms with Crippen molar-refractivity contribution >= 4 is 12.6 Å². The van der Waals surface area contributed by atoms with Gasteiger partial charge in [0.05, 0.1) is 0 Å². The molecule has 4 nitrogen and oxygen atoms in total. The Labute approximate surface area is 125 Å². The molecule has 2 heterocycles. The second-order valence-corrected chi connectivity index (χ2v) is 6.34. The molecule has 0 aromatic heterocycles. The van der Waals surface area contributed by atoms with Gasteiger partial charge in [0.1, 0.15) is 5.82 Å². The number of rotatable bonds is 3. The summed E-state index contributed by atoms with van der Waals surface area (Å²) in [5.41, 5.74) is 1.02. The average Bonchev–Trinajstić information content (AvgIpc) is 2.66. The summed E-state index contributed by atoms with van der Waals surface area (Å²) >= 11 is 0. The number of benzene rings is 1. The number of hydrogen-bond donors (Lipinski definition) is 2. The average molecular weight is 292 g/mol. The summed E-state index contributed by atoms with van der Waals surface area (Å²) in [6.07, 6.45) is 3.68. The van der Waals surface area contributed by atoms with E-state index in [9.17, 15) is 14.4 Å². The molecule has 1 aromatic rings. The predicted octanol–water partition coefficient (Wildman–Crippen LogP) is 0.174. The summed E-state index contributed by atoms with van der Waals surface area (Å²) in [4.78, 5) is 4.83. The number of fused-ring (bicyclic) bond motifs is 2. The molecule has 2 saturated heterocycles. The largest absolute Gasteiger partial charge is 0.488 e. The molecule has 0 spiro atoms. The summed E-state index contributed by atoms with van der Waals surface area (Å²) in [7, 11) is 0.583. The molecule has 0 radical (unpaired) electrons. The maximum Gasteiger partial charge on any atom is 0.488 e. The van der Waals surface area contributed by atoms with Gasteiger partial charge in [-0.15, -0.1) is 0 Å². The van der Waals surface area contributed by atoms with Crippen LogP contribution in [0.2, 0.25) is 0 Å². The van der Waals surface area contributed by atoms with Crippen molar-refractivity contribution < 1.29 is 14.4 Å². The Bertz CT molecular complexity index is 514. The molecule has 21 heavy (non-hydrogen) atoms. The van der Waals surface area contributed by atoms with Gasteiger partial charge >= 0.3 is 7.12 Å². The minimum atomic E-state index is -1.62. The van der Waals surface area contributed by atoms with Crippen LogP contribution < -0.4 is 5.46 Å². The lowest BCUT2D eigenvalue weighted by atomic mass is 9.79. The summed E-state index contributed by atoms with van der Waals surface area (Å²) in [5.74, 6) is -0.413. The van der Waals surface area contributed by atoms with Crippen LogP contribution in [0.4, 0.5) is 4.39 Å². The normalized spacial score (nSPS) is 26.9. The molecule has 2 N–H and O–H groups in total. The maximum atomic E-state index is 13.6. The van der Waals surface area contributed by atoms with E-state index in [0.29, 0.717) is 18.6 Å². The zero-order valence-corrected chi connectivity index (χ0v) is 12.4. The van der Waals surface area contributed by atoms with Gasteiger partial charge < -0.3 is 10.0 Å². The van der Waals surface area contributed by atoms with E-state index >= 15 is 0 Å². The Hall–Kier alpha value is -0.945. The highest BCUT2D eigenvalue weighted by atomic mass is 19.1. The number of likely N-dealkylation sites (tertiary alicyclic amines) is 1. The molecule has 2 aliphatic rings. The Morgan fingerprint density at radius 1 is 1.19 bits per heavy atom. The molecule has 2 bridgehead atoms. The fraction of sp³-hybridized carbons (Fsp3) is 0.600. The minimum Gasteiger partial charge on any atom is -0.423 e. The van der Waals surface area contributed by atoms with E-state index in [1.807, 2.05) is 0 Å². The van der Waals surface area contributed by atoms with Crippen LogP contribution in [-0.4, -0.2) is 59.2 Å². The zero-order chi connectivity index (χ0) is 15.0. The summed E-state index contributed by atoms with van der Waals surface area (Å²) < 4.78 is 13.6. The third kappa shape index (κ3) is 3.29. The zero-order valence-electron chi connectivity index (χ0n) is 12.4. The fourth-order valence-corrected chi connectivity index (χ4v) is 3.70. The van der Waals surface area contributed by atoms with Crippen LogP contribution in [0, 0.1) is 5.82 Å². The van der Waals surface area contributed by atoms with Crippen LogP contribution in [0.5, 0.6) is 0 Å². The van der Waals surface area contributed by atoms with Crippen molar-refractivity contribution in [3.63, 3.8) is 0 Å². The minimum absolute atomic E-state index is 0.221. The van der Waals surface area contributed by atoms with E-state index < -0.39 is 12.9 Å². The van der Waals surface area contributed by atoms with Crippen LogP contribution in [-0.2, 0) is 6.54 Å². The molecule has 6 heteroatoms. The van der Waals surface area contributed by atoms with Crippen molar-refractivity contribution in [2.24, 2.45) is 0 Å². The first-order chi connectivity index (χ1) is 10.0. The number of nitrogens with zero attached hydrogens (tertiary/aromatic N) is 2. The van der Waals surface area contributed by atoms with Gasteiger partial charge in [-0.3, -0.25) is 9.80 Å². The van der Waals surface area contributed by atoms with Gasteiger partial charge in [0, 0.05) is 31.7 Å². The maximum absolute atomic E-state index is 13.6. The van der Waals surface area contributed by atoms with Gasteiger partial charge in [0.25, 0.3) is 0 Å². The highest BCUT2D eigenvalue weighted by Gasteiger charge is 2.34. The molecule has 0 amide bonds. The first-order valence-corrected chi connectivity index (χ1v) is 7.62. The van der Waals surface area contributed by atoms with Crippen LogP contribution in [0.1, 0.15) is 24.8 Å². The van der Waals surface area contributed by atoms with Gasteiger partial charge in [0.2, 0.25) is 0 Å². The highest BCUT2D eigenvalue weighted by molar-refractivity contribution is 6.58. The molecule has 2 fully saturated rings. The molecular weight excluding hydrogens is 270 g/mol. The van der Waals surface area contributed by atoms with Crippen molar-refractivity contribution in [2.45, 2.75) is 37.9 Å². The smallest absolute Gasteiger partial charge is 0.423 e. The number of hydrogen-bond acceptors (Lipinski definition) is 4. The van der Waals surface area contributed by atoms with Gasteiger partial charge in [-0.25, -0.2) is 4.39 Å². The Balaban J connectivity index is 1.72. The highest BCUT2D eigenvalue weighted by Crippen LogP contribution is 2.28. The third-order valence-electron chi connectivity index (χ3n) is 4.92. The van der Waals surface area contributed by atoms with Crippen LogP contribution in [0.15, 0.2) is 18.2 Å². The molecule has 114 valence electrons. The predicted molar refractivity (Wildman–Crippen MR) is 80.7 cm³/mol. The summed E-state index contributed by atoms with van der Waals surface area (Å²) in [5, 5.41) is 18.4. The standard InChI is InChI=1S/C15H22BFN2O2/c1-18-14-2-3-15(18)10-19(5-4-14)9-11-6-12(16(20)21)8-13(17)7-11/h6-8,14-15,20-21H,2-5,9-10H2,1H3. The van der Waals surface area contributed by atoms with Crippen molar-refractivity contribution in [2.75, 3.05) is 20.1 Å². The SMILES string of the molecule is CN1C2CCC1CN(Cc1cc(F)cc(B(O)O)c1)CC2. The number of likely N-dealkylation sites (N-methyl/N-ethyl adjacent to an activating group) is 1. The van der Waals surface area contributed by atoms with Crippen LogP contribution >= 0.6 is 0 Å². The molecule has 2 atom stereocenters. The molecule has 2 aliphatic heterocycles. The number of halogens is 1. The van der Waals surface area contributed by atoms with Gasteiger partial charge in [-0.2, -0.15) is 0 Å².